The van der Waals surface area contributed by atoms with E-state index in [0.29, 0.717) is 11.4 Å². The minimum atomic E-state index is -3.49. The van der Waals surface area contributed by atoms with Gasteiger partial charge in [-0.2, -0.15) is 0 Å². The van der Waals surface area contributed by atoms with Gasteiger partial charge in [0.05, 0.1) is 22.1 Å². The molecule has 0 saturated heterocycles. The lowest BCUT2D eigenvalue weighted by Gasteiger charge is -2.04. The summed E-state index contributed by atoms with van der Waals surface area (Å²) in [5.74, 6) is 0. The van der Waals surface area contributed by atoms with Gasteiger partial charge in [0.25, 0.3) is 0 Å². The van der Waals surface area contributed by atoms with Crippen molar-refractivity contribution in [2.75, 3.05) is 6.54 Å². The summed E-state index contributed by atoms with van der Waals surface area (Å²) in [6, 6.07) is 1.75. The van der Waals surface area contributed by atoms with Crippen LogP contribution in [0.3, 0.4) is 0 Å². The van der Waals surface area contributed by atoms with Crippen molar-refractivity contribution >= 4 is 32.7 Å². The molecule has 0 bridgehead atoms. The molecule has 5 nitrogen and oxygen atoms in total. The third-order valence-corrected chi connectivity index (χ3v) is 6.40. The van der Waals surface area contributed by atoms with Gasteiger partial charge in [-0.25, -0.2) is 18.1 Å². The molecular formula is C13H19N3O2S3. The van der Waals surface area contributed by atoms with Crippen molar-refractivity contribution in [3.63, 3.8) is 0 Å². The van der Waals surface area contributed by atoms with Crippen LogP contribution in [0.2, 0.25) is 0 Å². The number of thiophene rings is 1. The molecule has 2 heterocycles. The molecule has 0 atom stereocenters. The Labute approximate surface area is 133 Å². The van der Waals surface area contributed by atoms with E-state index in [-0.39, 0.29) is 6.54 Å². The molecule has 8 heteroatoms. The van der Waals surface area contributed by atoms with Crippen LogP contribution in [-0.4, -0.2) is 19.9 Å². The number of aryl methyl sites for hydroxylation is 2. The monoisotopic (exact) mass is 345 g/mol. The van der Waals surface area contributed by atoms with Gasteiger partial charge in [0.2, 0.25) is 10.0 Å². The number of aromatic nitrogens is 1. The zero-order valence-corrected chi connectivity index (χ0v) is 14.7. The number of nitrogens with zero attached hydrogens (tertiary/aromatic N) is 1. The minimum absolute atomic E-state index is 0.227. The Morgan fingerprint density at radius 2 is 2.05 bits per heavy atom. The standard InChI is InChI=1S/C13H19N3O2S3/c1-4-14-7-12-5-13(9(2)20-12)21(17,18)15-6-11-8-19-10(3)16-11/h5,8,14-15H,4,6-7H2,1-3H3. The van der Waals surface area contributed by atoms with E-state index in [2.05, 4.69) is 15.0 Å². The van der Waals surface area contributed by atoms with Crippen LogP contribution >= 0.6 is 22.7 Å². The Hall–Kier alpha value is -0.800. The molecule has 0 aliphatic carbocycles. The summed E-state index contributed by atoms with van der Waals surface area (Å²) in [5, 5.41) is 6.01. The van der Waals surface area contributed by atoms with Crippen molar-refractivity contribution < 1.29 is 8.42 Å². The van der Waals surface area contributed by atoms with E-state index >= 15 is 0 Å². The van der Waals surface area contributed by atoms with Gasteiger partial charge in [0, 0.05) is 21.7 Å². The van der Waals surface area contributed by atoms with Gasteiger partial charge < -0.3 is 5.32 Å². The van der Waals surface area contributed by atoms with Crippen LogP contribution in [0.5, 0.6) is 0 Å². The SMILES string of the molecule is CCNCc1cc(S(=O)(=O)NCc2csc(C)n2)c(C)s1. The van der Waals surface area contributed by atoms with Gasteiger partial charge in [-0.3, -0.25) is 0 Å². The summed E-state index contributed by atoms with van der Waals surface area (Å²) >= 11 is 3.03. The van der Waals surface area contributed by atoms with Crippen molar-refractivity contribution in [2.45, 2.75) is 38.8 Å². The quantitative estimate of drug-likeness (QED) is 0.808. The number of rotatable bonds is 7. The van der Waals surface area contributed by atoms with E-state index in [1.807, 2.05) is 26.2 Å². The van der Waals surface area contributed by atoms with Gasteiger partial charge in [0.1, 0.15) is 0 Å². The molecular weight excluding hydrogens is 326 g/mol. The predicted octanol–water partition coefficient (Wildman–Crippen LogP) is 2.41. The maximum Gasteiger partial charge on any atom is 0.242 e. The first-order valence-corrected chi connectivity index (χ1v) is 9.81. The third kappa shape index (κ3) is 4.33. The Balaban J connectivity index is 2.09. The lowest BCUT2D eigenvalue weighted by atomic mass is 10.4. The second-order valence-electron chi connectivity index (χ2n) is 4.60. The molecule has 0 fully saturated rings. The van der Waals surface area contributed by atoms with Crippen LogP contribution in [0.25, 0.3) is 0 Å². The van der Waals surface area contributed by atoms with Gasteiger partial charge in [-0.15, -0.1) is 22.7 Å². The molecule has 21 heavy (non-hydrogen) atoms. The molecule has 0 spiro atoms. The van der Waals surface area contributed by atoms with E-state index in [1.54, 1.807) is 6.07 Å². The number of nitrogens with one attached hydrogen (secondary N) is 2. The summed E-state index contributed by atoms with van der Waals surface area (Å²) in [7, 11) is -3.49. The summed E-state index contributed by atoms with van der Waals surface area (Å²) in [4.78, 5) is 6.46. The topological polar surface area (TPSA) is 71.1 Å². The lowest BCUT2D eigenvalue weighted by Crippen LogP contribution is -2.23. The lowest BCUT2D eigenvalue weighted by molar-refractivity contribution is 0.580. The zero-order valence-electron chi connectivity index (χ0n) is 12.3. The zero-order chi connectivity index (χ0) is 15.5. The normalized spacial score (nSPS) is 12.0. The van der Waals surface area contributed by atoms with Crippen molar-refractivity contribution in [3.8, 4) is 0 Å². The molecule has 2 aromatic heterocycles. The number of sulfonamides is 1. The minimum Gasteiger partial charge on any atom is -0.312 e. The predicted molar refractivity (Wildman–Crippen MR) is 87.3 cm³/mol. The molecule has 2 N–H and O–H groups in total. The molecule has 0 aromatic carbocycles. The fourth-order valence-electron chi connectivity index (χ4n) is 1.86. The van der Waals surface area contributed by atoms with E-state index < -0.39 is 10.0 Å². The van der Waals surface area contributed by atoms with Crippen LogP contribution in [0.15, 0.2) is 16.3 Å². The molecule has 0 aliphatic heterocycles. The first-order chi connectivity index (χ1) is 9.92. The first kappa shape index (κ1) is 16.6. The summed E-state index contributed by atoms with van der Waals surface area (Å²) in [6.07, 6.45) is 0. The van der Waals surface area contributed by atoms with Gasteiger partial charge in [0.15, 0.2) is 0 Å². The molecule has 116 valence electrons. The molecule has 0 saturated carbocycles. The second kappa shape index (κ2) is 6.97. The highest BCUT2D eigenvalue weighted by molar-refractivity contribution is 7.89. The number of thiazole rings is 1. The highest BCUT2D eigenvalue weighted by Gasteiger charge is 2.20. The Kier molecular flexibility index (Phi) is 5.50. The molecule has 0 aliphatic rings. The summed E-state index contributed by atoms with van der Waals surface area (Å²) in [5.41, 5.74) is 0.752. The first-order valence-electron chi connectivity index (χ1n) is 6.63. The van der Waals surface area contributed by atoms with Crippen molar-refractivity contribution in [3.05, 3.63) is 31.9 Å². The maximum atomic E-state index is 12.4. The number of hydrogen-bond donors (Lipinski definition) is 2. The highest BCUT2D eigenvalue weighted by atomic mass is 32.2. The van der Waals surface area contributed by atoms with Crippen molar-refractivity contribution in [2.24, 2.45) is 0 Å². The van der Waals surface area contributed by atoms with Gasteiger partial charge >= 0.3 is 0 Å². The van der Waals surface area contributed by atoms with Crippen LogP contribution < -0.4 is 10.0 Å². The highest BCUT2D eigenvalue weighted by Crippen LogP contribution is 2.25. The van der Waals surface area contributed by atoms with Crippen LogP contribution in [0.4, 0.5) is 0 Å². The second-order valence-corrected chi connectivity index (χ2v) is 8.73. The summed E-state index contributed by atoms with van der Waals surface area (Å²) < 4.78 is 27.4. The van der Waals surface area contributed by atoms with Crippen LogP contribution in [-0.2, 0) is 23.1 Å². The molecule has 0 radical (unpaired) electrons. The van der Waals surface area contributed by atoms with Crippen LogP contribution in [0, 0.1) is 13.8 Å². The van der Waals surface area contributed by atoms with Crippen molar-refractivity contribution in [1.82, 2.24) is 15.0 Å². The van der Waals surface area contributed by atoms with Crippen LogP contribution in [0.1, 0.15) is 27.4 Å². The van der Waals surface area contributed by atoms with E-state index in [1.165, 1.54) is 22.7 Å². The number of hydrogen-bond acceptors (Lipinski definition) is 6. The Bertz CT molecular complexity index is 704. The Morgan fingerprint density at radius 3 is 2.67 bits per heavy atom. The Morgan fingerprint density at radius 1 is 1.29 bits per heavy atom. The summed E-state index contributed by atoms with van der Waals surface area (Å²) in [6.45, 7) is 7.55. The fourth-order valence-corrected chi connectivity index (χ4v) is 5.08. The fraction of sp³-hybridized carbons (Fsp3) is 0.462. The maximum absolute atomic E-state index is 12.4. The van der Waals surface area contributed by atoms with E-state index in [0.717, 1.165) is 27.0 Å². The molecule has 0 amide bonds. The molecule has 0 unspecified atom stereocenters. The van der Waals surface area contributed by atoms with E-state index in [4.69, 9.17) is 0 Å². The van der Waals surface area contributed by atoms with Crippen molar-refractivity contribution in [1.29, 1.82) is 0 Å². The van der Waals surface area contributed by atoms with E-state index in [9.17, 15) is 8.42 Å². The third-order valence-electron chi connectivity index (χ3n) is 2.87. The largest absolute Gasteiger partial charge is 0.312 e. The average Bonchev–Trinajstić information content (AvgIpc) is 3.00. The van der Waals surface area contributed by atoms with Gasteiger partial charge in [-0.1, -0.05) is 6.92 Å². The van der Waals surface area contributed by atoms with Gasteiger partial charge in [-0.05, 0) is 26.5 Å². The smallest absolute Gasteiger partial charge is 0.242 e. The average molecular weight is 346 g/mol. The molecule has 2 aromatic rings. The molecule has 2 rings (SSSR count).